The number of nitrogens with zero attached hydrogens (tertiary/aromatic N) is 4. The standard InChI is InChI=1S/C20H18N4S3/c1-13-4-6-14(7-5-13)19-21-15(11-26-19)12-27-20-23-22-18(17-3-2-10-25-17)24(20)16-8-9-16/h2-7,10-11,16H,8-9,12H2,1H3. The van der Waals surface area contributed by atoms with Crippen LogP contribution in [0.25, 0.3) is 21.3 Å². The van der Waals surface area contributed by atoms with Crippen molar-refractivity contribution in [3.8, 4) is 21.3 Å². The highest BCUT2D eigenvalue weighted by atomic mass is 32.2. The lowest BCUT2D eigenvalue weighted by Gasteiger charge is -2.06. The second kappa shape index (κ2) is 7.22. The minimum absolute atomic E-state index is 0.554. The van der Waals surface area contributed by atoms with Crippen LogP contribution in [0.5, 0.6) is 0 Å². The van der Waals surface area contributed by atoms with Crippen LogP contribution in [0.2, 0.25) is 0 Å². The van der Waals surface area contributed by atoms with Crippen molar-refractivity contribution in [2.45, 2.75) is 36.7 Å². The maximum atomic E-state index is 4.81. The Hall–Kier alpha value is -1.96. The lowest BCUT2D eigenvalue weighted by molar-refractivity contribution is 0.670. The topological polar surface area (TPSA) is 43.6 Å². The molecular formula is C20H18N4S3. The molecule has 0 aliphatic heterocycles. The first kappa shape index (κ1) is 17.2. The third-order valence-corrected chi connectivity index (χ3v) is 7.30. The van der Waals surface area contributed by atoms with E-state index < -0.39 is 0 Å². The zero-order chi connectivity index (χ0) is 18.2. The van der Waals surface area contributed by atoms with Gasteiger partial charge in [-0.3, -0.25) is 4.57 Å². The van der Waals surface area contributed by atoms with Gasteiger partial charge in [-0.05, 0) is 31.2 Å². The molecule has 0 spiro atoms. The third kappa shape index (κ3) is 3.59. The summed E-state index contributed by atoms with van der Waals surface area (Å²) in [5, 5.41) is 15.3. The van der Waals surface area contributed by atoms with Gasteiger partial charge in [0.05, 0.1) is 10.6 Å². The van der Waals surface area contributed by atoms with E-state index in [0.29, 0.717) is 6.04 Å². The first-order chi connectivity index (χ1) is 13.3. The van der Waals surface area contributed by atoms with Crippen molar-refractivity contribution >= 4 is 34.4 Å². The van der Waals surface area contributed by atoms with Gasteiger partial charge < -0.3 is 0 Å². The van der Waals surface area contributed by atoms with Crippen LogP contribution < -0.4 is 0 Å². The summed E-state index contributed by atoms with van der Waals surface area (Å²) in [7, 11) is 0. The van der Waals surface area contributed by atoms with Gasteiger partial charge in [0.15, 0.2) is 11.0 Å². The molecule has 4 nitrogen and oxygen atoms in total. The molecule has 1 aromatic carbocycles. The van der Waals surface area contributed by atoms with Crippen LogP contribution in [0.3, 0.4) is 0 Å². The van der Waals surface area contributed by atoms with Crippen LogP contribution in [0.4, 0.5) is 0 Å². The van der Waals surface area contributed by atoms with E-state index >= 15 is 0 Å². The van der Waals surface area contributed by atoms with Gasteiger partial charge in [0.25, 0.3) is 0 Å². The Labute approximate surface area is 170 Å². The highest BCUT2D eigenvalue weighted by Crippen LogP contribution is 2.42. The number of aryl methyl sites for hydroxylation is 1. The van der Waals surface area contributed by atoms with Gasteiger partial charge >= 0.3 is 0 Å². The van der Waals surface area contributed by atoms with Crippen molar-refractivity contribution in [3.05, 3.63) is 58.4 Å². The molecule has 3 heterocycles. The van der Waals surface area contributed by atoms with Crippen LogP contribution >= 0.6 is 34.4 Å². The van der Waals surface area contributed by atoms with Gasteiger partial charge in [-0.25, -0.2) is 4.98 Å². The fourth-order valence-corrected chi connectivity index (χ4v) is 5.49. The van der Waals surface area contributed by atoms with Gasteiger partial charge in [-0.2, -0.15) is 0 Å². The van der Waals surface area contributed by atoms with Crippen LogP contribution in [-0.2, 0) is 5.75 Å². The van der Waals surface area contributed by atoms with Crippen molar-refractivity contribution < 1.29 is 0 Å². The first-order valence-electron chi connectivity index (χ1n) is 8.91. The Morgan fingerprint density at radius 1 is 1.11 bits per heavy atom. The predicted octanol–water partition coefficient (Wildman–Crippen LogP) is 6.07. The van der Waals surface area contributed by atoms with Crippen molar-refractivity contribution in [1.82, 2.24) is 19.7 Å². The lowest BCUT2D eigenvalue weighted by atomic mass is 10.2. The average Bonchev–Trinajstić information content (AvgIpc) is 3.10. The highest BCUT2D eigenvalue weighted by molar-refractivity contribution is 7.98. The molecule has 0 unspecified atom stereocenters. The van der Waals surface area contributed by atoms with Crippen molar-refractivity contribution in [2.24, 2.45) is 0 Å². The molecule has 7 heteroatoms. The fourth-order valence-electron chi connectivity index (χ4n) is 2.95. The van der Waals surface area contributed by atoms with Crippen LogP contribution in [-0.4, -0.2) is 19.7 Å². The normalized spacial score (nSPS) is 14.0. The van der Waals surface area contributed by atoms with E-state index in [9.17, 15) is 0 Å². The Morgan fingerprint density at radius 2 is 1.96 bits per heavy atom. The summed E-state index contributed by atoms with van der Waals surface area (Å²) >= 11 is 5.16. The molecule has 4 aromatic rings. The molecule has 0 N–H and O–H groups in total. The maximum Gasteiger partial charge on any atom is 0.192 e. The highest BCUT2D eigenvalue weighted by Gasteiger charge is 2.30. The molecule has 1 aliphatic rings. The summed E-state index contributed by atoms with van der Waals surface area (Å²) in [5.74, 6) is 1.83. The fraction of sp³-hybridized carbons (Fsp3) is 0.250. The number of rotatable bonds is 6. The molecule has 3 aromatic heterocycles. The molecule has 5 rings (SSSR count). The largest absolute Gasteiger partial charge is 0.298 e. The molecule has 0 saturated heterocycles. The minimum Gasteiger partial charge on any atom is -0.298 e. The smallest absolute Gasteiger partial charge is 0.192 e. The molecule has 0 amide bonds. The van der Waals surface area contributed by atoms with Crippen LogP contribution in [0.1, 0.15) is 30.1 Å². The molecule has 1 fully saturated rings. The summed E-state index contributed by atoms with van der Waals surface area (Å²) in [6.45, 7) is 2.11. The van der Waals surface area contributed by atoms with Gasteiger partial charge in [0.1, 0.15) is 5.01 Å². The van der Waals surface area contributed by atoms with E-state index in [2.05, 4.69) is 68.8 Å². The molecule has 0 atom stereocenters. The van der Waals surface area contributed by atoms with E-state index in [0.717, 1.165) is 27.4 Å². The molecule has 0 radical (unpaired) electrons. The van der Waals surface area contributed by atoms with E-state index in [-0.39, 0.29) is 0 Å². The summed E-state index contributed by atoms with van der Waals surface area (Å²) < 4.78 is 2.32. The van der Waals surface area contributed by atoms with E-state index in [4.69, 9.17) is 4.98 Å². The molecule has 1 aliphatic carbocycles. The monoisotopic (exact) mass is 410 g/mol. The van der Waals surface area contributed by atoms with E-state index in [1.807, 2.05) is 0 Å². The molecule has 136 valence electrons. The predicted molar refractivity (Wildman–Crippen MR) is 113 cm³/mol. The summed E-state index contributed by atoms with van der Waals surface area (Å²) in [4.78, 5) is 6.01. The maximum absolute atomic E-state index is 4.81. The number of thiophene rings is 1. The van der Waals surface area contributed by atoms with Crippen LogP contribution in [0.15, 0.2) is 52.3 Å². The zero-order valence-electron chi connectivity index (χ0n) is 14.8. The van der Waals surface area contributed by atoms with Gasteiger partial charge in [-0.1, -0.05) is 47.7 Å². The number of thiazole rings is 1. The number of benzene rings is 1. The Morgan fingerprint density at radius 3 is 2.70 bits per heavy atom. The van der Waals surface area contributed by atoms with Gasteiger partial charge in [-0.15, -0.1) is 32.9 Å². The first-order valence-corrected chi connectivity index (χ1v) is 11.7. The lowest BCUT2D eigenvalue weighted by Crippen LogP contribution is -1.99. The van der Waals surface area contributed by atoms with Crippen LogP contribution in [0, 0.1) is 6.92 Å². The Balaban J connectivity index is 1.34. The summed E-state index contributed by atoms with van der Waals surface area (Å²) in [5.41, 5.74) is 3.55. The van der Waals surface area contributed by atoms with Crippen molar-refractivity contribution in [3.63, 3.8) is 0 Å². The van der Waals surface area contributed by atoms with Crippen molar-refractivity contribution in [2.75, 3.05) is 0 Å². The SMILES string of the molecule is Cc1ccc(-c2nc(CSc3nnc(-c4cccs4)n3C3CC3)cs2)cc1. The minimum atomic E-state index is 0.554. The molecule has 27 heavy (non-hydrogen) atoms. The van der Waals surface area contributed by atoms with E-state index in [1.165, 1.54) is 28.8 Å². The molecule has 0 bridgehead atoms. The van der Waals surface area contributed by atoms with Crippen molar-refractivity contribution in [1.29, 1.82) is 0 Å². The second-order valence-electron chi connectivity index (χ2n) is 6.68. The Kier molecular flexibility index (Phi) is 4.59. The molecule has 1 saturated carbocycles. The molecular weight excluding hydrogens is 392 g/mol. The summed E-state index contributed by atoms with van der Waals surface area (Å²) in [6, 6.07) is 13.3. The number of thioether (sulfide) groups is 1. The number of hydrogen-bond donors (Lipinski definition) is 0. The zero-order valence-corrected chi connectivity index (χ0v) is 17.3. The second-order valence-corrected chi connectivity index (χ2v) is 9.43. The number of aromatic nitrogens is 4. The van der Waals surface area contributed by atoms with Gasteiger partial charge in [0.2, 0.25) is 0 Å². The van der Waals surface area contributed by atoms with E-state index in [1.54, 1.807) is 34.4 Å². The summed E-state index contributed by atoms with van der Waals surface area (Å²) in [6.07, 6.45) is 2.44. The number of hydrogen-bond acceptors (Lipinski definition) is 6. The third-order valence-electron chi connectivity index (χ3n) is 4.52. The average molecular weight is 411 g/mol. The quantitative estimate of drug-likeness (QED) is 0.362. The van der Waals surface area contributed by atoms with Gasteiger partial charge in [0, 0.05) is 22.7 Å². The Bertz CT molecular complexity index is 1040.